The number of aromatic nitrogens is 1. The Balaban J connectivity index is 1.29. The summed E-state index contributed by atoms with van der Waals surface area (Å²) in [6.45, 7) is 0.395. The fourth-order valence-corrected chi connectivity index (χ4v) is 4.81. The van der Waals surface area contributed by atoms with Crippen molar-refractivity contribution in [3.63, 3.8) is 0 Å². The number of hydrogen-bond donors (Lipinski definition) is 1. The zero-order valence-electron chi connectivity index (χ0n) is 18.0. The molecule has 6 nitrogen and oxygen atoms in total. The first kappa shape index (κ1) is 20.9. The molecule has 3 aromatic rings. The van der Waals surface area contributed by atoms with Gasteiger partial charge < -0.3 is 9.84 Å². The van der Waals surface area contributed by atoms with Crippen LogP contribution in [-0.2, 0) is 16.2 Å². The molecule has 2 aliphatic rings. The summed E-state index contributed by atoms with van der Waals surface area (Å²) in [6.07, 6.45) is 6.24. The molecule has 2 fully saturated rings. The largest absolute Gasteiger partial charge is 0.487 e. The molecule has 6 heteroatoms. The van der Waals surface area contributed by atoms with Gasteiger partial charge in [-0.2, -0.15) is 0 Å². The fourth-order valence-electron chi connectivity index (χ4n) is 4.81. The van der Waals surface area contributed by atoms with Gasteiger partial charge in [-0.1, -0.05) is 62.1 Å². The lowest BCUT2D eigenvalue weighted by Crippen LogP contribution is -2.24. The molecule has 1 aliphatic carbocycles. The topological polar surface area (TPSA) is 75.0 Å². The van der Waals surface area contributed by atoms with E-state index in [9.17, 15) is 9.90 Å². The molecule has 1 saturated heterocycles. The summed E-state index contributed by atoms with van der Waals surface area (Å²) >= 11 is 0. The van der Waals surface area contributed by atoms with Crippen molar-refractivity contribution in [2.45, 2.75) is 57.4 Å². The summed E-state index contributed by atoms with van der Waals surface area (Å²) in [5.41, 5.74) is 2.92. The molecule has 1 aromatic heterocycles. The number of nitrogens with zero attached hydrogens (tertiary/aromatic N) is 2. The standard InChI is InChI=1S/C26H28N2O4/c29-26(30)25-28(32-25)24(19-8-3-1-2-4-9-19)20-12-15-22(16-13-20)31-17-21-14-11-18-7-5-6-10-23(18)27-21/h5-7,10-16,19,24-25H,1-4,8-9,17H2,(H,29,30). The van der Waals surface area contributed by atoms with E-state index in [-0.39, 0.29) is 6.04 Å². The maximum atomic E-state index is 11.4. The minimum absolute atomic E-state index is 0.0367. The average molecular weight is 433 g/mol. The third-order valence-corrected chi connectivity index (χ3v) is 6.50. The van der Waals surface area contributed by atoms with Crippen molar-refractivity contribution in [3.8, 4) is 5.75 Å². The number of carboxylic acids is 1. The Labute approximate surface area is 187 Å². The molecular formula is C26H28N2O4. The van der Waals surface area contributed by atoms with Gasteiger partial charge in [-0.15, -0.1) is 5.06 Å². The van der Waals surface area contributed by atoms with Crippen LogP contribution in [0.4, 0.5) is 0 Å². The molecule has 5 rings (SSSR count). The quantitative estimate of drug-likeness (QED) is 0.393. The number of ether oxygens (including phenoxy) is 1. The van der Waals surface area contributed by atoms with Gasteiger partial charge in [0.2, 0.25) is 0 Å². The fraction of sp³-hybridized carbons (Fsp3) is 0.385. The van der Waals surface area contributed by atoms with Crippen molar-refractivity contribution >= 4 is 16.9 Å². The van der Waals surface area contributed by atoms with Crippen LogP contribution in [0.2, 0.25) is 0 Å². The van der Waals surface area contributed by atoms with Crippen LogP contribution < -0.4 is 4.74 Å². The molecule has 3 atom stereocenters. The minimum atomic E-state index is -0.925. The highest BCUT2D eigenvalue weighted by molar-refractivity contribution is 5.78. The third kappa shape index (κ3) is 4.61. The molecule has 2 heterocycles. The van der Waals surface area contributed by atoms with E-state index in [0.717, 1.165) is 40.8 Å². The smallest absolute Gasteiger partial charge is 0.352 e. The molecule has 2 aromatic carbocycles. The van der Waals surface area contributed by atoms with Gasteiger partial charge in [-0.25, -0.2) is 9.78 Å². The molecule has 0 amide bonds. The summed E-state index contributed by atoms with van der Waals surface area (Å²) < 4.78 is 5.98. The summed E-state index contributed by atoms with van der Waals surface area (Å²) in [5, 5.41) is 12.1. The van der Waals surface area contributed by atoms with Crippen LogP contribution in [-0.4, -0.2) is 27.4 Å². The monoisotopic (exact) mass is 432 g/mol. The van der Waals surface area contributed by atoms with Crippen molar-refractivity contribution in [2.24, 2.45) is 5.92 Å². The van der Waals surface area contributed by atoms with E-state index in [1.165, 1.54) is 25.7 Å². The van der Waals surface area contributed by atoms with Gasteiger partial charge in [-0.05, 0) is 48.6 Å². The van der Waals surface area contributed by atoms with E-state index in [1.807, 2.05) is 54.6 Å². The predicted molar refractivity (Wildman–Crippen MR) is 121 cm³/mol. The number of rotatable bonds is 7. The maximum absolute atomic E-state index is 11.4. The van der Waals surface area contributed by atoms with Crippen LogP contribution in [0.25, 0.3) is 10.9 Å². The lowest BCUT2D eigenvalue weighted by Gasteiger charge is -2.26. The van der Waals surface area contributed by atoms with Gasteiger partial charge in [0.05, 0.1) is 17.3 Å². The lowest BCUT2D eigenvalue weighted by molar-refractivity contribution is -0.138. The number of para-hydroxylation sites is 1. The van der Waals surface area contributed by atoms with Crippen molar-refractivity contribution in [1.82, 2.24) is 10.0 Å². The van der Waals surface area contributed by atoms with Crippen LogP contribution in [0, 0.1) is 5.92 Å². The molecule has 0 bridgehead atoms. The second-order valence-corrected chi connectivity index (χ2v) is 8.71. The highest BCUT2D eigenvalue weighted by Crippen LogP contribution is 2.44. The van der Waals surface area contributed by atoms with Crippen molar-refractivity contribution < 1.29 is 19.5 Å². The predicted octanol–water partition coefficient (Wildman–Crippen LogP) is 5.48. The Morgan fingerprint density at radius 3 is 2.50 bits per heavy atom. The molecule has 1 saturated carbocycles. The zero-order valence-corrected chi connectivity index (χ0v) is 18.0. The number of carbonyl (C=O) groups is 1. The van der Waals surface area contributed by atoms with Crippen molar-refractivity contribution in [3.05, 3.63) is 71.9 Å². The van der Waals surface area contributed by atoms with Gasteiger partial charge in [0.1, 0.15) is 12.4 Å². The molecule has 1 aliphatic heterocycles. The van der Waals surface area contributed by atoms with E-state index in [0.29, 0.717) is 12.5 Å². The molecule has 166 valence electrons. The number of hydroxylamine groups is 2. The molecular weight excluding hydrogens is 404 g/mol. The molecule has 0 spiro atoms. The number of benzene rings is 2. The third-order valence-electron chi connectivity index (χ3n) is 6.50. The highest BCUT2D eigenvalue weighted by atomic mass is 16.8. The van der Waals surface area contributed by atoms with Gasteiger partial charge >= 0.3 is 5.97 Å². The Kier molecular flexibility index (Phi) is 6.06. The Morgan fingerprint density at radius 1 is 1.03 bits per heavy atom. The lowest BCUT2D eigenvalue weighted by atomic mass is 9.87. The van der Waals surface area contributed by atoms with E-state index in [2.05, 4.69) is 11.1 Å². The number of aliphatic carboxylic acids is 1. The van der Waals surface area contributed by atoms with E-state index >= 15 is 0 Å². The van der Waals surface area contributed by atoms with Gasteiger partial charge in [0, 0.05) is 5.39 Å². The Hall–Kier alpha value is -2.96. The number of hydrogen-bond acceptors (Lipinski definition) is 5. The van der Waals surface area contributed by atoms with Crippen molar-refractivity contribution in [1.29, 1.82) is 0 Å². The number of fused-ring (bicyclic) bond motifs is 1. The first-order valence-corrected chi connectivity index (χ1v) is 11.4. The highest BCUT2D eigenvalue weighted by Gasteiger charge is 2.50. The van der Waals surface area contributed by atoms with Crippen LogP contribution in [0.5, 0.6) is 5.75 Å². The second-order valence-electron chi connectivity index (χ2n) is 8.71. The molecule has 32 heavy (non-hydrogen) atoms. The summed E-state index contributed by atoms with van der Waals surface area (Å²) in [7, 11) is 0. The van der Waals surface area contributed by atoms with Crippen LogP contribution in [0.1, 0.15) is 55.8 Å². The van der Waals surface area contributed by atoms with Gasteiger partial charge in [0.15, 0.2) is 0 Å². The van der Waals surface area contributed by atoms with E-state index < -0.39 is 12.2 Å². The Bertz CT molecular complexity index is 1080. The van der Waals surface area contributed by atoms with Crippen molar-refractivity contribution in [2.75, 3.05) is 0 Å². The second kappa shape index (κ2) is 9.27. The normalized spacial score (nSPS) is 22.2. The SMILES string of the molecule is O=C(O)C1ON1C(c1ccc(OCc2ccc3ccccc3n2)cc1)C1CCCCCC1. The van der Waals surface area contributed by atoms with E-state index in [1.54, 1.807) is 5.06 Å². The molecule has 3 unspecified atom stereocenters. The zero-order chi connectivity index (χ0) is 21.9. The first-order chi connectivity index (χ1) is 15.7. The summed E-state index contributed by atoms with van der Waals surface area (Å²) in [5.74, 6) is 0.242. The first-order valence-electron chi connectivity index (χ1n) is 11.4. The average Bonchev–Trinajstić information content (AvgIpc) is 3.64. The number of carboxylic acid groups (broad SMARTS) is 1. The van der Waals surface area contributed by atoms with Gasteiger partial charge in [0.25, 0.3) is 6.23 Å². The van der Waals surface area contributed by atoms with Gasteiger partial charge in [-0.3, -0.25) is 4.84 Å². The minimum Gasteiger partial charge on any atom is -0.487 e. The van der Waals surface area contributed by atoms with E-state index in [4.69, 9.17) is 9.57 Å². The summed E-state index contributed by atoms with van der Waals surface area (Å²) in [6, 6.07) is 20.0. The van der Waals surface area contributed by atoms with Crippen LogP contribution in [0.3, 0.4) is 0 Å². The summed E-state index contributed by atoms with van der Waals surface area (Å²) in [4.78, 5) is 21.5. The molecule has 1 N–H and O–H groups in total. The Morgan fingerprint density at radius 2 is 1.78 bits per heavy atom. The number of pyridine rings is 1. The maximum Gasteiger partial charge on any atom is 0.352 e. The van der Waals surface area contributed by atoms with Crippen LogP contribution >= 0.6 is 0 Å². The van der Waals surface area contributed by atoms with Crippen LogP contribution in [0.15, 0.2) is 60.7 Å². The molecule has 0 radical (unpaired) electrons.